The number of hydrogen-bond acceptors (Lipinski definition) is 3. The first-order valence-corrected chi connectivity index (χ1v) is 6.17. The van der Waals surface area contributed by atoms with Gasteiger partial charge in [-0.05, 0) is 25.0 Å². The third-order valence-electron chi connectivity index (χ3n) is 3.46. The largest absolute Gasteiger partial charge is 0.329 e. The van der Waals surface area contributed by atoms with Crippen LogP contribution in [0.4, 0.5) is 5.69 Å². The zero-order valence-electron chi connectivity index (χ0n) is 10.3. The van der Waals surface area contributed by atoms with E-state index < -0.39 is 0 Å². The molecule has 0 aromatic heterocycles. The molecular formula is C14H17N3O. The summed E-state index contributed by atoms with van der Waals surface area (Å²) in [4.78, 5) is 14.2. The molecule has 94 valence electrons. The predicted octanol–water partition coefficient (Wildman–Crippen LogP) is 1.67. The Morgan fingerprint density at radius 3 is 2.56 bits per heavy atom. The van der Waals surface area contributed by atoms with Crippen molar-refractivity contribution in [1.82, 2.24) is 0 Å². The number of nitrogens with two attached hydrogens (primary N) is 1. The van der Waals surface area contributed by atoms with Crippen molar-refractivity contribution in [1.29, 1.82) is 5.26 Å². The van der Waals surface area contributed by atoms with E-state index in [4.69, 9.17) is 11.0 Å². The summed E-state index contributed by atoms with van der Waals surface area (Å²) in [5.41, 5.74) is 6.18. The molecule has 1 fully saturated rings. The van der Waals surface area contributed by atoms with E-state index in [0.29, 0.717) is 19.5 Å². The SMILES string of the molecule is N#CCCN(C(=O)C1(CN)CC1)c1ccccc1. The summed E-state index contributed by atoms with van der Waals surface area (Å²) in [5, 5.41) is 8.71. The molecule has 0 spiro atoms. The third kappa shape index (κ3) is 2.36. The van der Waals surface area contributed by atoms with Gasteiger partial charge in [0.2, 0.25) is 5.91 Å². The van der Waals surface area contributed by atoms with Crippen LogP contribution in [0.1, 0.15) is 19.3 Å². The molecule has 0 atom stereocenters. The first kappa shape index (κ1) is 12.6. The molecule has 0 aliphatic heterocycles. The normalized spacial score (nSPS) is 15.8. The zero-order valence-corrected chi connectivity index (χ0v) is 10.3. The van der Waals surface area contributed by atoms with Gasteiger partial charge in [0.25, 0.3) is 0 Å². The van der Waals surface area contributed by atoms with E-state index >= 15 is 0 Å². The molecule has 0 bridgehead atoms. The molecule has 2 N–H and O–H groups in total. The number of carbonyl (C=O) groups is 1. The number of benzene rings is 1. The maximum atomic E-state index is 12.5. The maximum Gasteiger partial charge on any atom is 0.234 e. The van der Waals surface area contributed by atoms with E-state index in [1.807, 2.05) is 30.3 Å². The third-order valence-corrected chi connectivity index (χ3v) is 3.46. The summed E-state index contributed by atoms with van der Waals surface area (Å²) in [5.74, 6) is 0.0615. The van der Waals surface area contributed by atoms with Crippen LogP contribution >= 0.6 is 0 Å². The van der Waals surface area contributed by atoms with Gasteiger partial charge in [0.05, 0.1) is 17.9 Å². The van der Waals surface area contributed by atoms with Crippen molar-refractivity contribution in [2.75, 3.05) is 18.0 Å². The van der Waals surface area contributed by atoms with Gasteiger partial charge >= 0.3 is 0 Å². The Morgan fingerprint density at radius 1 is 1.39 bits per heavy atom. The van der Waals surface area contributed by atoms with E-state index in [1.165, 1.54) is 0 Å². The van der Waals surface area contributed by atoms with E-state index in [-0.39, 0.29) is 11.3 Å². The van der Waals surface area contributed by atoms with Crippen molar-refractivity contribution in [3.63, 3.8) is 0 Å². The Labute approximate surface area is 107 Å². The lowest BCUT2D eigenvalue weighted by molar-refractivity contribution is -0.123. The van der Waals surface area contributed by atoms with Gasteiger partial charge in [0, 0.05) is 18.8 Å². The molecule has 1 aromatic carbocycles. The highest BCUT2D eigenvalue weighted by Crippen LogP contribution is 2.46. The standard InChI is InChI=1S/C14H17N3O/c15-9-4-10-17(12-5-2-1-3-6-12)13(18)14(11-16)7-8-14/h1-3,5-6H,4,7-8,10-11,16H2. The van der Waals surface area contributed by atoms with Crippen LogP contribution in [-0.2, 0) is 4.79 Å². The Morgan fingerprint density at radius 2 is 2.06 bits per heavy atom. The molecule has 1 saturated carbocycles. The summed E-state index contributed by atoms with van der Waals surface area (Å²) in [6.07, 6.45) is 2.05. The summed E-state index contributed by atoms with van der Waals surface area (Å²) in [7, 11) is 0. The molecule has 1 aliphatic carbocycles. The van der Waals surface area contributed by atoms with Crippen LogP contribution in [-0.4, -0.2) is 19.0 Å². The van der Waals surface area contributed by atoms with Crippen molar-refractivity contribution in [2.24, 2.45) is 11.1 Å². The fourth-order valence-corrected chi connectivity index (χ4v) is 2.06. The number of nitriles is 1. The Hall–Kier alpha value is -1.86. The van der Waals surface area contributed by atoms with Crippen LogP contribution < -0.4 is 10.6 Å². The molecule has 2 rings (SSSR count). The average molecular weight is 243 g/mol. The number of carbonyl (C=O) groups excluding carboxylic acids is 1. The van der Waals surface area contributed by atoms with E-state index in [9.17, 15) is 4.79 Å². The van der Waals surface area contributed by atoms with Crippen LogP contribution in [0.15, 0.2) is 30.3 Å². The molecular weight excluding hydrogens is 226 g/mol. The van der Waals surface area contributed by atoms with E-state index in [0.717, 1.165) is 18.5 Å². The minimum absolute atomic E-state index is 0.0615. The number of nitrogens with zero attached hydrogens (tertiary/aromatic N) is 2. The van der Waals surface area contributed by atoms with Crippen LogP contribution in [0.5, 0.6) is 0 Å². The summed E-state index contributed by atoms with van der Waals surface area (Å²) in [6, 6.07) is 11.6. The topological polar surface area (TPSA) is 70.1 Å². The van der Waals surface area contributed by atoms with Gasteiger partial charge in [0.15, 0.2) is 0 Å². The number of hydrogen-bond donors (Lipinski definition) is 1. The second kappa shape index (κ2) is 5.19. The van der Waals surface area contributed by atoms with Gasteiger partial charge in [-0.2, -0.15) is 5.26 Å². The highest BCUT2D eigenvalue weighted by Gasteiger charge is 2.50. The Kier molecular flexibility index (Phi) is 3.63. The van der Waals surface area contributed by atoms with Crippen molar-refractivity contribution in [3.8, 4) is 6.07 Å². The second-order valence-corrected chi connectivity index (χ2v) is 4.68. The van der Waals surface area contributed by atoms with Gasteiger partial charge in [-0.1, -0.05) is 18.2 Å². The first-order valence-electron chi connectivity index (χ1n) is 6.17. The number of para-hydroxylation sites is 1. The second-order valence-electron chi connectivity index (χ2n) is 4.68. The first-order chi connectivity index (χ1) is 8.73. The molecule has 4 nitrogen and oxygen atoms in total. The lowest BCUT2D eigenvalue weighted by Crippen LogP contribution is -2.41. The van der Waals surface area contributed by atoms with Crippen molar-refractivity contribution < 1.29 is 4.79 Å². The number of anilines is 1. The fourth-order valence-electron chi connectivity index (χ4n) is 2.06. The highest BCUT2D eigenvalue weighted by molar-refractivity contribution is 5.99. The molecule has 0 radical (unpaired) electrons. The highest BCUT2D eigenvalue weighted by atomic mass is 16.2. The average Bonchev–Trinajstić information content (AvgIpc) is 3.21. The van der Waals surface area contributed by atoms with Gasteiger partial charge in [-0.25, -0.2) is 0 Å². The van der Waals surface area contributed by atoms with Crippen molar-refractivity contribution in [3.05, 3.63) is 30.3 Å². The molecule has 1 aromatic rings. The lowest BCUT2D eigenvalue weighted by Gasteiger charge is -2.26. The Balaban J connectivity index is 2.21. The minimum Gasteiger partial charge on any atom is -0.329 e. The Bertz CT molecular complexity index is 460. The van der Waals surface area contributed by atoms with E-state index in [1.54, 1.807) is 4.90 Å². The van der Waals surface area contributed by atoms with Crippen LogP contribution in [0.2, 0.25) is 0 Å². The van der Waals surface area contributed by atoms with Crippen LogP contribution in [0.3, 0.4) is 0 Å². The lowest BCUT2D eigenvalue weighted by atomic mass is 10.1. The number of rotatable bonds is 5. The molecule has 18 heavy (non-hydrogen) atoms. The molecule has 0 unspecified atom stereocenters. The monoisotopic (exact) mass is 243 g/mol. The van der Waals surface area contributed by atoms with Gasteiger partial charge < -0.3 is 10.6 Å². The van der Waals surface area contributed by atoms with Crippen LogP contribution in [0.25, 0.3) is 0 Å². The number of amides is 1. The van der Waals surface area contributed by atoms with Crippen molar-refractivity contribution in [2.45, 2.75) is 19.3 Å². The summed E-state index contributed by atoms with van der Waals surface area (Å²) >= 11 is 0. The molecule has 4 heteroatoms. The fraction of sp³-hybridized carbons (Fsp3) is 0.429. The van der Waals surface area contributed by atoms with E-state index in [2.05, 4.69) is 6.07 Å². The summed E-state index contributed by atoms with van der Waals surface area (Å²) < 4.78 is 0. The molecule has 0 heterocycles. The van der Waals surface area contributed by atoms with Crippen LogP contribution in [0, 0.1) is 16.7 Å². The molecule has 1 amide bonds. The van der Waals surface area contributed by atoms with Crippen molar-refractivity contribution >= 4 is 11.6 Å². The molecule has 1 aliphatic rings. The zero-order chi connectivity index (χ0) is 13.0. The maximum absolute atomic E-state index is 12.5. The quantitative estimate of drug-likeness (QED) is 0.855. The molecule has 0 saturated heterocycles. The predicted molar refractivity (Wildman–Crippen MR) is 69.7 cm³/mol. The minimum atomic E-state index is -0.370. The van der Waals surface area contributed by atoms with Gasteiger partial charge in [0.1, 0.15) is 0 Å². The smallest absolute Gasteiger partial charge is 0.234 e. The summed E-state index contributed by atoms with van der Waals surface area (Å²) in [6.45, 7) is 0.822. The van der Waals surface area contributed by atoms with Gasteiger partial charge in [-0.15, -0.1) is 0 Å². The van der Waals surface area contributed by atoms with Gasteiger partial charge in [-0.3, -0.25) is 4.79 Å².